The highest BCUT2D eigenvalue weighted by atomic mass is 19.2. The van der Waals surface area contributed by atoms with Crippen molar-refractivity contribution in [3.05, 3.63) is 90.0 Å². The molecule has 0 bridgehead atoms. The minimum Gasteiger partial charge on any atom is -0.454 e. The Bertz CT molecular complexity index is 1230. The second-order valence-electron chi connectivity index (χ2n) is 6.01. The summed E-state index contributed by atoms with van der Waals surface area (Å²) in [4.78, 5) is 20.4. The van der Waals surface area contributed by atoms with Gasteiger partial charge in [0.2, 0.25) is 5.82 Å². The molecule has 0 saturated carbocycles. The summed E-state index contributed by atoms with van der Waals surface area (Å²) in [5, 5.41) is 2.22. The van der Waals surface area contributed by atoms with Gasteiger partial charge >= 0.3 is 0 Å². The molecule has 1 heterocycles. The Morgan fingerprint density at radius 2 is 1.66 bits per heavy atom. The molecule has 0 aliphatic rings. The first-order chi connectivity index (χ1) is 14.0. The van der Waals surface area contributed by atoms with Gasteiger partial charge in [0.05, 0.1) is 16.7 Å². The molecule has 0 aliphatic carbocycles. The summed E-state index contributed by atoms with van der Waals surface area (Å²) >= 11 is 0. The third-order valence-corrected chi connectivity index (χ3v) is 4.05. The summed E-state index contributed by atoms with van der Waals surface area (Å²) in [5.74, 6) is -4.09. The Hall–Kier alpha value is -3.94. The molecule has 1 amide bonds. The second-order valence-corrected chi connectivity index (χ2v) is 6.01. The maximum absolute atomic E-state index is 14.4. The fraction of sp³-hybridized carbons (Fsp3) is 0. The van der Waals surface area contributed by atoms with Gasteiger partial charge in [-0.25, -0.2) is 8.78 Å². The second kappa shape index (κ2) is 7.59. The van der Waals surface area contributed by atoms with Crippen LogP contribution in [0.15, 0.2) is 67.0 Å². The molecule has 0 aliphatic heterocycles. The van der Waals surface area contributed by atoms with E-state index in [1.807, 2.05) is 0 Å². The highest BCUT2D eigenvalue weighted by Gasteiger charge is 2.18. The molecule has 8 heteroatoms. The molecule has 0 spiro atoms. The topological polar surface area (TPSA) is 64.1 Å². The molecule has 0 radical (unpaired) electrons. The molecule has 0 atom stereocenters. The average Bonchev–Trinajstić information content (AvgIpc) is 2.73. The molecule has 1 N–H and O–H groups in total. The van der Waals surface area contributed by atoms with Crippen LogP contribution in [-0.4, -0.2) is 15.9 Å². The number of fused-ring (bicyclic) bond motifs is 1. The molecular formula is C21H12F3N3O2. The number of carbonyl (C=O) groups excluding carboxylic acids is 1. The molecule has 3 aromatic carbocycles. The molecule has 29 heavy (non-hydrogen) atoms. The summed E-state index contributed by atoms with van der Waals surface area (Å²) in [5.41, 5.74) is 0.739. The van der Waals surface area contributed by atoms with Crippen LogP contribution < -0.4 is 10.1 Å². The van der Waals surface area contributed by atoms with Gasteiger partial charge in [-0.15, -0.1) is 0 Å². The number of hydrogen-bond acceptors (Lipinski definition) is 4. The number of nitrogens with zero attached hydrogens (tertiary/aromatic N) is 2. The molecule has 0 unspecified atom stereocenters. The molecule has 5 nitrogen and oxygen atoms in total. The van der Waals surface area contributed by atoms with Crippen molar-refractivity contribution in [2.45, 2.75) is 0 Å². The monoisotopic (exact) mass is 395 g/mol. The number of amides is 1. The van der Waals surface area contributed by atoms with Gasteiger partial charge < -0.3 is 10.1 Å². The summed E-state index contributed by atoms with van der Waals surface area (Å²) < 4.78 is 47.5. The maximum Gasteiger partial charge on any atom is 0.255 e. The quantitative estimate of drug-likeness (QED) is 0.523. The van der Waals surface area contributed by atoms with Gasteiger partial charge in [-0.1, -0.05) is 6.07 Å². The van der Waals surface area contributed by atoms with Crippen LogP contribution in [0.5, 0.6) is 11.5 Å². The standard InChI is InChI=1S/C21H12F3N3O2/c22-13-3-1-2-12(10-13)21(28)27-16-6-7-18(20(24)19(16)23)29-14-4-5-15-17(11-14)26-9-8-25-15/h1-11H,(H,27,28). The first kappa shape index (κ1) is 18.4. The minimum atomic E-state index is -1.30. The Morgan fingerprint density at radius 1 is 0.862 bits per heavy atom. The molecule has 0 fully saturated rings. The lowest BCUT2D eigenvalue weighted by molar-refractivity contribution is 0.102. The maximum atomic E-state index is 14.4. The van der Waals surface area contributed by atoms with Gasteiger partial charge in [-0.3, -0.25) is 14.8 Å². The van der Waals surface area contributed by atoms with Crippen LogP contribution in [0.1, 0.15) is 10.4 Å². The smallest absolute Gasteiger partial charge is 0.255 e. The Morgan fingerprint density at radius 3 is 2.45 bits per heavy atom. The zero-order chi connectivity index (χ0) is 20.4. The van der Waals surface area contributed by atoms with Gasteiger partial charge in [0.1, 0.15) is 11.6 Å². The van der Waals surface area contributed by atoms with Crippen LogP contribution in [0.2, 0.25) is 0 Å². The van der Waals surface area contributed by atoms with Crippen molar-refractivity contribution in [1.82, 2.24) is 9.97 Å². The number of nitrogens with one attached hydrogen (secondary N) is 1. The number of carbonyl (C=O) groups is 1. The SMILES string of the molecule is O=C(Nc1ccc(Oc2ccc3nccnc3c2)c(F)c1F)c1cccc(F)c1. The first-order valence-corrected chi connectivity index (χ1v) is 8.45. The normalized spacial score (nSPS) is 10.7. The molecule has 4 rings (SSSR count). The van der Waals surface area contributed by atoms with E-state index < -0.39 is 29.0 Å². The zero-order valence-electron chi connectivity index (χ0n) is 14.7. The Kier molecular flexibility index (Phi) is 4.82. The lowest BCUT2D eigenvalue weighted by Crippen LogP contribution is -2.14. The average molecular weight is 395 g/mol. The van der Waals surface area contributed by atoms with Crippen molar-refractivity contribution in [3.8, 4) is 11.5 Å². The molecular weight excluding hydrogens is 383 g/mol. The lowest BCUT2D eigenvalue weighted by atomic mass is 10.2. The van der Waals surface area contributed by atoms with Crippen LogP contribution >= 0.6 is 0 Å². The summed E-state index contributed by atoms with van der Waals surface area (Å²) in [7, 11) is 0. The van der Waals surface area contributed by atoms with E-state index in [-0.39, 0.29) is 17.1 Å². The minimum absolute atomic E-state index is 0.0255. The van der Waals surface area contributed by atoms with E-state index in [1.54, 1.807) is 18.2 Å². The van der Waals surface area contributed by atoms with Crippen molar-refractivity contribution in [3.63, 3.8) is 0 Å². The number of ether oxygens (including phenoxy) is 1. The lowest BCUT2D eigenvalue weighted by Gasteiger charge is -2.11. The fourth-order valence-corrected chi connectivity index (χ4v) is 2.66. The summed E-state index contributed by atoms with van der Waals surface area (Å²) in [6, 6.07) is 11.9. The number of halogens is 3. The summed E-state index contributed by atoms with van der Waals surface area (Å²) in [6.07, 6.45) is 3.04. The highest BCUT2D eigenvalue weighted by molar-refractivity contribution is 6.04. The molecule has 1 aromatic heterocycles. The number of aromatic nitrogens is 2. The first-order valence-electron chi connectivity index (χ1n) is 8.45. The van der Waals surface area contributed by atoms with Crippen molar-refractivity contribution >= 4 is 22.6 Å². The van der Waals surface area contributed by atoms with Crippen molar-refractivity contribution in [1.29, 1.82) is 0 Å². The van der Waals surface area contributed by atoms with E-state index in [4.69, 9.17) is 4.74 Å². The van der Waals surface area contributed by atoms with Gasteiger partial charge in [-0.2, -0.15) is 4.39 Å². The predicted octanol–water partition coefficient (Wildman–Crippen LogP) is 5.09. The van der Waals surface area contributed by atoms with E-state index in [9.17, 15) is 18.0 Å². The molecule has 144 valence electrons. The highest BCUT2D eigenvalue weighted by Crippen LogP contribution is 2.31. The molecule has 0 saturated heterocycles. The predicted molar refractivity (Wildman–Crippen MR) is 100 cm³/mol. The Balaban J connectivity index is 1.57. The van der Waals surface area contributed by atoms with E-state index in [0.717, 1.165) is 12.1 Å². The fourth-order valence-electron chi connectivity index (χ4n) is 2.66. The largest absolute Gasteiger partial charge is 0.454 e. The van der Waals surface area contributed by atoms with Crippen LogP contribution in [0.4, 0.5) is 18.9 Å². The van der Waals surface area contributed by atoms with E-state index >= 15 is 0 Å². The van der Waals surface area contributed by atoms with Crippen LogP contribution in [-0.2, 0) is 0 Å². The van der Waals surface area contributed by atoms with Crippen molar-refractivity contribution in [2.24, 2.45) is 0 Å². The van der Waals surface area contributed by atoms with Gasteiger partial charge in [0.25, 0.3) is 5.91 Å². The van der Waals surface area contributed by atoms with E-state index in [0.29, 0.717) is 11.0 Å². The van der Waals surface area contributed by atoms with Gasteiger partial charge in [0.15, 0.2) is 11.6 Å². The van der Waals surface area contributed by atoms with Crippen molar-refractivity contribution in [2.75, 3.05) is 5.32 Å². The van der Waals surface area contributed by atoms with Crippen molar-refractivity contribution < 1.29 is 22.7 Å². The third kappa shape index (κ3) is 3.86. The number of hydrogen-bond donors (Lipinski definition) is 1. The zero-order valence-corrected chi connectivity index (χ0v) is 14.7. The number of anilines is 1. The van der Waals surface area contributed by atoms with Gasteiger partial charge in [-0.05, 0) is 42.5 Å². The number of benzene rings is 3. The van der Waals surface area contributed by atoms with Crippen LogP contribution in [0.3, 0.4) is 0 Å². The third-order valence-electron chi connectivity index (χ3n) is 4.05. The van der Waals surface area contributed by atoms with Crippen LogP contribution in [0, 0.1) is 17.5 Å². The summed E-state index contributed by atoms with van der Waals surface area (Å²) in [6.45, 7) is 0. The van der Waals surface area contributed by atoms with E-state index in [1.165, 1.54) is 36.7 Å². The van der Waals surface area contributed by atoms with E-state index in [2.05, 4.69) is 15.3 Å². The van der Waals surface area contributed by atoms with Gasteiger partial charge in [0, 0.05) is 24.0 Å². The van der Waals surface area contributed by atoms with Crippen LogP contribution in [0.25, 0.3) is 11.0 Å². The number of rotatable bonds is 4. The molecule has 4 aromatic rings. The Labute approximate surface area is 162 Å².